The molecule has 1 aromatic carbocycles. The lowest BCUT2D eigenvalue weighted by Gasteiger charge is -2.05. The second-order valence-electron chi connectivity index (χ2n) is 2.81. The number of allylic oxidation sites excluding steroid dienone is 1. The molecule has 1 radical (unpaired) electrons. The Morgan fingerprint density at radius 2 is 1.71 bits per heavy atom. The van der Waals surface area contributed by atoms with E-state index in [1.165, 1.54) is 12.1 Å². The van der Waals surface area contributed by atoms with E-state index in [0.717, 1.165) is 17.7 Å². The van der Waals surface area contributed by atoms with E-state index in [0.29, 0.717) is 6.42 Å². The Hall–Kier alpha value is -1.25. The van der Waals surface area contributed by atoms with Crippen molar-refractivity contribution in [2.45, 2.75) is 12.6 Å². The molecule has 0 saturated carbocycles. The first kappa shape index (κ1) is 10.8. The maximum absolute atomic E-state index is 12.1. The highest BCUT2D eigenvalue weighted by atomic mass is 19.4. The lowest BCUT2D eigenvalue weighted by Crippen LogP contribution is -2.03. The van der Waals surface area contributed by atoms with Gasteiger partial charge in [-0.1, -0.05) is 24.3 Å². The quantitative estimate of drug-likeness (QED) is 0.676. The molecule has 3 heteroatoms. The Morgan fingerprint density at radius 1 is 1.14 bits per heavy atom. The van der Waals surface area contributed by atoms with E-state index in [1.807, 2.05) is 0 Å². The topological polar surface area (TPSA) is 0 Å². The number of benzene rings is 1. The fourth-order valence-corrected chi connectivity index (χ4v) is 1.00. The Morgan fingerprint density at radius 3 is 2.14 bits per heavy atom. The van der Waals surface area contributed by atoms with E-state index in [-0.39, 0.29) is 0 Å². The van der Waals surface area contributed by atoms with Crippen LogP contribution in [0.3, 0.4) is 0 Å². The third-order valence-electron chi connectivity index (χ3n) is 1.71. The molecule has 0 heterocycles. The van der Waals surface area contributed by atoms with E-state index < -0.39 is 11.7 Å². The van der Waals surface area contributed by atoms with Gasteiger partial charge in [0.2, 0.25) is 0 Å². The summed E-state index contributed by atoms with van der Waals surface area (Å²) in [5, 5.41) is 0. The summed E-state index contributed by atoms with van der Waals surface area (Å²) in [6, 6.07) is 5.02. The Bertz CT molecular complexity index is 306. The number of rotatable bonds is 2. The molecule has 0 aliphatic rings. The highest BCUT2D eigenvalue weighted by Crippen LogP contribution is 2.29. The summed E-state index contributed by atoms with van der Waals surface area (Å²) < 4.78 is 36.4. The van der Waals surface area contributed by atoms with Crippen molar-refractivity contribution in [2.75, 3.05) is 0 Å². The summed E-state index contributed by atoms with van der Waals surface area (Å²) in [5.74, 6) is 0. The summed E-state index contributed by atoms with van der Waals surface area (Å²) in [4.78, 5) is 0. The van der Waals surface area contributed by atoms with E-state index in [1.54, 1.807) is 12.2 Å². The lowest BCUT2D eigenvalue weighted by molar-refractivity contribution is -0.137. The highest BCUT2D eigenvalue weighted by Gasteiger charge is 2.29. The molecule has 0 amide bonds. The maximum atomic E-state index is 12.1. The molecule has 0 atom stereocenters. The molecule has 75 valence electrons. The van der Waals surface area contributed by atoms with Gasteiger partial charge in [-0.3, -0.25) is 0 Å². The zero-order valence-electron chi connectivity index (χ0n) is 7.51. The van der Waals surface area contributed by atoms with E-state index in [4.69, 9.17) is 0 Å². The fourth-order valence-electron chi connectivity index (χ4n) is 1.00. The van der Waals surface area contributed by atoms with Crippen LogP contribution in [0.1, 0.15) is 17.5 Å². The Balaban J connectivity index is 2.84. The predicted octanol–water partition coefficient (Wildman–Crippen LogP) is 3.94. The number of hydrogen-bond donors (Lipinski definition) is 0. The van der Waals surface area contributed by atoms with Gasteiger partial charge in [0.1, 0.15) is 0 Å². The van der Waals surface area contributed by atoms with Crippen LogP contribution in [0, 0.1) is 6.92 Å². The zero-order chi connectivity index (χ0) is 10.6. The molecule has 0 fully saturated rings. The van der Waals surface area contributed by atoms with Gasteiger partial charge < -0.3 is 0 Å². The van der Waals surface area contributed by atoms with Crippen LogP contribution in [0.15, 0.2) is 30.3 Å². The molecule has 1 rings (SSSR count). The first-order valence-corrected chi connectivity index (χ1v) is 4.17. The van der Waals surface area contributed by atoms with Crippen molar-refractivity contribution in [1.82, 2.24) is 0 Å². The zero-order valence-corrected chi connectivity index (χ0v) is 7.51. The van der Waals surface area contributed by atoms with Crippen LogP contribution in [0.5, 0.6) is 0 Å². The van der Waals surface area contributed by atoms with Gasteiger partial charge in [0, 0.05) is 0 Å². The van der Waals surface area contributed by atoms with Crippen molar-refractivity contribution in [2.24, 2.45) is 0 Å². The first-order chi connectivity index (χ1) is 6.54. The lowest BCUT2D eigenvalue weighted by atomic mass is 10.1. The molecule has 0 nitrogen and oxygen atoms in total. The van der Waals surface area contributed by atoms with Crippen molar-refractivity contribution < 1.29 is 13.2 Å². The molecular weight excluding hydrogens is 189 g/mol. The molecule has 0 bridgehead atoms. The monoisotopic (exact) mass is 199 g/mol. The summed E-state index contributed by atoms with van der Waals surface area (Å²) in [7, 11) is 0. The number of hydrogen-bond acceptors (Lipinski definition) is 0. The van der Waals surface area contributed by atoms with Crippen LogP contribution in [-0.4, -0.2) is 0 Å². The Labute approximate surface area is 81.1 Å². The average molecular weight is 199 g/mol. The molecule has 0 saturated heterocycles. The number of halogens is 3. The van der Waals surface area contributed by atoms with Crippen LogP contribution in [0.25, 0.3) is 6.08 Å². The summed E-state index contributed by atoms with van der Waals surface area (Å²) in [6.45, 7) is 3.59. The highest BCUT2D eigenvalue weighted by molar-refractivity contribution is 5.49. The molecule has 0 aliphatic carbocycles. The molecule has 0 aromatic heterocycles. The van der Waals surface area contributed by atoms with Crippen molar-refractivity contribution in [3.8, 4) is 0 Å². The molecule has 0 spiro atoms. The van der Waals surface area contributed by atoms with Gasteiger partial charge in [0.25, 0.3) is 0 Å². The number of alkyl halides is 3. The van der Waals surface area contributed by atoms with Crippen LogP contribution < -0.4 is 0 Å². The minimum atomic E-state index is -4.26. The second-order valence-corrected chi connectivity index (χ2v) is 2.81. The SMILES string of the molecule is [CH2]CC=Cc1ccc(C(F)(F)F)cc1. The largest absolute Gasteiger partial charge is 0.416 e. The van der Waals surface area contributed by atoms with E-state index in [9.17, 15) is 13.2 Å². The van der Waals surface area contributed by atoms with Gasteiger partial charge in [-0.05, 0) is 31.0 Å². The van der Waals surface area contributed by atoms with Gasteiger partial charge in [-0.2, -0.15) is 13.2 Å². The van der Waals surface area contributed by atoms with Crippen molar-refractivity contribution >= 4 is 6.08 Å². The molecule has 0 N–H and O–H groups in total. The third-order valence-corrected chi connectivity index (χ3v) is 1.71. The van der Waals surface area contributed by atoms with Gasteiger partial charge in [0.15, 0.2) is 0 Å². The molecular formula is C11H10F3. The summed E-state index contributed by atoms with van der Waals surface area (Å²) >= 11 is 0. The molecule has 0 unspecified atom stereocenters. The van der Waals surface area contributed by atoms with Gasteiger partial charge >= 0.3 is 6.18 Å². The fraction of sp³-hybridized carbons (Fsp3) is 0.182. The summed E-state index contributed by atoms with van der Waals surface area (Å²) in [5.41, 5.74) is 0.130. The van der Waals surface area contributed by atoms with Crippen LogP contribution in [-0.2, 0) is 6.18 Å². The predicted molar refractivity (Wildman–Crippen MR) is 50.5 cm³/mol. The van der Waals surface area contributed by atoms with Crippen molar-refractivity contribution in [3.05, 3.63) is 48.4 Å². The minimum Gasteiger partial charge on any atom is -0.166 e. The van der Waals surface area contributed by atoms with Crippen molar-refractivity contribution in [3.63, 3.8) is 0 Å². The Kier molecular flexibility index (Phi) is 3.33. The van der Waals surface area contributed by atoms with Gasteiger partial charge in [0.05, 0.1) is 5.56 Å². The van der Waals surface area contributed by atoms with Gasteiger partial charge in [-0.15, -0.1) is 0 Å². The average Bonchev–Trinajstić information content (AvgIpc) is 2.14. The van der Waals surface area contributed by atoms with Gasteiger partial charge in [-0.25, -0.2) is 0 Å². The normalized spacial score (nSPS) is 12.3. The van der Waals surface area contributed by atoms with Crippen LogP contribution >= 0.6 is 0 Å². The van der Waals surface area contributed by atoms with Crippen LogP contribution in [0.4, 0.5) is 13.2 Å². The van der Waals surface area contributed by atoms with E-state index >= 15 is 0 Å². The summed E-state index contributed by atoms with van der Waals surface area (Å²) in [6.07, 6.45) is -0.0919. The van der Waals surface area contributed by atoms with E-state index in [2.05, 4.69) is 6.92 Å². The third kappa shape index (κ3) is 2.91. The molecule has 1 aromatic rings. The standard InChI is InChI=1S/C11H10F3/c1-2-3-4-9-5-7-10(8-6-9)11(12,13)14/h3-8H,1-2H2. The van der Waals surface area contributed by atoms with Crippen LogP contribution in [0.2, 0.25) is 0 Å². The molecule has 0 aliphatic heterocycles. The molecule has 14 heavy (non-hydrogen) atoms. The first-order valence-electron chi connectivity index (χ1n) is 4.17. The van der Waals surface area contributed by atoms with Crippen molar-refractivity contribution in [1.29, 1.82) is 0 Å². The smallest absolute Gasteiger partial charge is 0.166 e. The maximum Gasteiger partial charge on any atom is 0.416 e. The minimum absolute atomic E-state index is 0.621. The second kappa shape index (κ2) is 4.31.